The van der Waals surface area contributed by atoms with Gasteiger partial charge in [0.25, 0.3) is 0 Å². The Morgan fingerprint density at radius 1 is 0.339 bits per heavy atom. The van der Waals surface area contributed by atoms with Gasteiger partial charge in [-0.15, -0.1) is 0 Å². The van der Waals surface area contributed by atoms with E-state index < -0.39 is 5.41 Å². The van der Waals surface area contributed by atoms with Crippen LogP contribution in [-0.2, 0) is 5.41 Å². The minimum Gasteiger partial charge on any atom is -0.309 e. The summed E-state index contributed by atoms with van der Waals surface area (Å²) < 4.78 is 2.51. The predicted molar refractivity (Wildman–Crippen MR) is 254 cm³/mol. The Morgan fingerprint density at radius 2 is 0.919 bits per heavy atom. The van der Waals surface area contributed by atoms with Crippen molar-refractivity contribution in [1.82, 2.24) is 14.5 Å². The lowest BCUT2D eigenvalue weighted by Gasteiger charge is -2.39. The highest BCUT2D eigenvalue weighted by molar-refractivity contribution is 6.13. The van der Waals surface area contributed by atoms with Crippen LogP contribution >= 0.6 is 0 Å². The van der Waals surface area contributed by atoms with Crippen molar-refractivity contribution in [3.8, 4) is 73.0 Å². The first-order chi connectivity index (χ1) is 30.8. The number of rotatable bonds is 5. The molecule has 3 heteroatoms. The highest BCUT2D eigenvalue weighted by Gasteiger charge is 2.51. The van der Waals surface area contributed by atoms with Crippen molar-refractivity contribution in [3.05, 3.63) is 247 Å². The minimum atomic E-state index is -0.608. The number of nitrogens with zero attached hydrogens (tertiary/aromatic N) is 3. The normalized spacial score (nSPS) is 14.5. The fourth-order valence-corrected chi connectivity index (χ4v) is 10.6. The van der Waals surface area contributed by atoms with Crippen LogP contribution in [0.4, 0.5) is 0 Å². The third kappa shape index (κ3) is 4.94. The molecule has 0 N–H and O–H groups in total. The number of hydrogen-bond acceptors (Lipinski definition) is 2. The van der Waals surface area contributed by atoms with Gasteiger partial charge in [0.05, 0.1) is 33.5 Å². The van der Waals surface area contributed by atoms with E-state index in [1.54, 1.807) is 0 Å². The maximum absolute atomic E-state index is 5.44. The maximum atomic E-state index is 5.44. The van der Waals surface area contributed by atoms with Crippen LogP contribution in [0.25, 0.3) is 94.8 Å². The summed E-state index contributed by atoms with van der Waals surface area (Å²) in [5.74, 6) is 0.705. The van der Waals surface area contributed by atoms with E-state index >= 15 is 0 Å². The van der Waals surface area contributed by atoms with Crippen LogP contribution in [0.15, 0.2) is 224 Å². The largest absolute Gasteiger partial charge is 0.309 e. The second-order valence-electron chi connectivity index (χ2n) is 16.5. The summed E-state index contributed by atoms with van der Waals surface area (Å²) in [7, 11) is 0. The van der Waals surface area contributed by atoms with Crippen LogP contribution < -0.4 is 0 Å². The molecule has 9 aromatic carbocycles. The van der Waals surface area contributed by atoms with Crippen molar-refractivity contribution in [2.45, 2.75) is 5.41 Å². The van der Waals surface area contributed by atoms with Gasteiger partial charge in [-0.1, -0.05) is 194 Å². The lowest BCUT2D eigenvalue weighted by atomic mass is 9.65. The zero-order valence-corrected chi connectivity index (χ0v) is 33.7. The topological polar surface area (TPSA) is 30.7 Å². The number of para-hydroxylation sites is 3. The van der Waals surface area contributed by atoms with Crippen molar-refractivity contribution in [2.75, 3.05) is 0 Å². The second-order valence-corrected chi connectivity index (χ2v) is 16.5. The molecular weight excluding hydrogens is 751 g/mol. The van der Waals surface area contributed by atoms with Gasteiger partial charge in [0.15, 0.2) is 5.82 Å². The molecule has 0 saturated carbocycles. The van der Waals surface area contributed by atoms with E-state index in [1.807, 2.05) is 6.07 Å². The van der Waals surface area contributed by atoms with Crippen molar-refractivity contribution < 1.29 is 0 Å². The molecule has 288 valence electrons. The van der Waals surface area contributed by atoms with Crippen LogP contribution in [0.5, 0.6) is 0 Å². The molecule has 1 atom stereocenters. The molecular formula is C59H37N3. The standard InChI is InChI=1S/C59H37N3/c1-4-17-38(18-5-1)41-23-14-24-42(35-41)43-33-34-48-47(36-43)56-46(53-37-52(39-19-6-2-7-20-39)60-58(61-53)40-21-8-3-9-22-40)27-16-29-50(56)59(48)49-28-11-13-32-55(49)62-54-31-12-10-25-44(54)45-26-15-30-51(59)57(45)62/h1-37H. The minimum absolute atomic E-state index is 0.608. The van der Waals surface area contributed by atoms with Gasteiger partial charge >= 0.3 is 0 Å². The molecule has 1 spiro atoms. The summed E-state index contributed by atoms with van der Waals surface area (Å²) in [5, 5.41) is 2.53. The smallest absolute Gasteiger partial charge is 0.160 e. The highest BCUT2D eigenvalue weighted by Crippen LogP contribution is 2.63. The predicted octanol–water partition coefficient (Wildman–Crippen LogP) is 14.6. The van der Waals surface area contributed by atoms with Crippen molar-refractivity contribution in [1.29, 1.82) is 0 Å². The second kappa shape index (κ2) is 13.4. The van der Waals surface area contributed by atoms with Gasteiger partial charge in [-0.3, -0.25) is 0 Å². The third-order valence-electron chi connectivity index (χ3n) is 13.2. The number of hydrogen-bond donors (Lipinski definition) is 0. The summed E-state index contributed by atoms with van der Waals surface area (Å²) in [6, 6.07) is 81.6. The third-order valence-corrected chi connectivity index (χ3v) is 13.2. The van der Waals surface area contributed by atoms with Crippen molar-refractivity contribution >= 4 is 21.8 Å². The molecule has 0 radical (unpaired) electrons. The summed E-state index contributed by atoms with van der Waals surface area (Å²) in [4.78, 5) is 10.6. The lowest BCUT2D eigenvalue weighted by Crippen LogP contribution is -2.33. The SMILES string of the molecule is c1ccc(-c2cccc(-c3ccc4c(c3)-c3c(-c5cc(-c6ccccc6)nc(-c6ccccc6)n5)cccc3C43c4ccccc4-n4c5ccccc5c5cccc3c54)c2)cc1. The van der Waals surface area contributed by atoms with Gasteiger partial charge in [-0.05, 0) is 86.0 Å². The fraction of sp³-hybridized carbons (Fsp3) is 0.0169. The first-order valence-corrected chi connectivity index (χ1v) is 21.3. The van der Waals surface area contributed by atoms with Crippen LogP contribution in [-0.4, -0.2) is 14.5 Å². The van der Waals surface area contributed by atoms with Gasteiger partial charge in [-0.25, -0.2) is 9.97 Å². The Labute approximate surface area is 359 Å². The molecule has 62 heavy (non-hydrogen) atoms. The van der Waals surface area contributed by atoms with E-state index in [4.69, 9.17) is 9.97 Å². The van der Waals surface area contributed by atoms with Crippen LogP contribution in [0, 0.1) is 0 Å². The zero-order valence-electron chi connectivity index (χ0n) is 33.7. The number of aromatic nitrogens is 3. The Balaban J connectivity index is 1.14. The number of benzene rings is 9. The van der Waals surface area contributed by atoms with E-state index in [1.165, 1.54) is 83.1 Å². The van der Waals surface area contributed by atoms with Gasteiger partial charge in [-0.2, -0.15) is 0 Å². The summed E-state index contributed by atoms with van der Waals surface area (Å²) in [6.07, 6.45) is 0. The van der Waals surface area contributed by atoms with Crippen LogP contribution in [0.1, 0.15) is 22.3 Å². The summed E-state index contributed by atoms with van der Waals surface area (Å²) in [6.45, 7) is 0. The van der Waals surface area contributed by atoms with E-state index in [2.05, 4.69) is 223 Å². The molecule has 1 aliphatic heterocycles. The molecule has 0 bridgehead atoms. The molecule has 3 heterocycles. The van der Waals surface area contributed by atoms with Crippen molar-refractivity contribution in [2.24, 2.45) is 0 Å². The van der Waals surface area contributed by atoms with E-state index in [0.717, 1.165) is 28.1 Å². The summed E-state index contributed by atoms with van der Waals surface area (Å²) in [5.41, 5.74) is 20.3. The molecule has 1 unspecified atom stereocenters. The Hall–Kier alpha value is -8.14. The highest BCUT2D eigenvalue weighted by atomic mass is 15.0. The number of fused-ring (bicyclic) bond motifs is 12. The van der Waals surface area contributed by atoms with E-state index in [-0.39, 0.29) is 0 Å². The first-order valence-electron chi connectivity index (χ1n) is 21.3. The monoisotopic (exact) mass is 787 g/mol. The first kappa shape index (κ1) is 34.7. The summed E-state index contributed by atoms with van der Waals surface area (Å²) >= 11 is 0. The van der Waals surface area contributed by atoms with Crippen LogP contribution in [0.2, 0.25) is 0 Å². The fourth-order valence-electron chi connectivity index (χ4n) is 10.6. The average molecular weight is 788 g/mol. The Kier molecular flexibility index (Phi) is 7.52. The van der Waals surface area contributed by atoms with Gasteiger partial charge in [0.2, 0.25) is 0 Å². The molecule has 3 nitrogen and oxygen atoms in total. The van der Waals surface area contributed by atoms with Gasteiger partial charge in [0, 0.05) is 27.5 Å². The average Bonchev–Trinajstić information content (AvgIpc) is 3.85. The molecule has 1 aliphatic carbocycles. The molecule has 13 rings (SSSR count). The maximum Gasteiger partial charge on any atom is 0.160 e. The van der Waals surface area contributed by atoms with Crippen LogP contribution in [0.3, 0.4) is 0 Å². The Morgan fingerprint density at radius 3 is 1.74 bits per heavy atom. The van der Waals surface area contributed by atoms with E-state index in [9.17, 15) is 0 Å². The molecule has 2 aliphatic rings. The zero-order chi connectivity index (χ0) is 40.8. The quantitative estimate of drug-likeness (QED) is 0.174. The lowest BCUT2D eigenvalue weighted by molar-refractivity contribution is 0.748. The Bertz CT molecular complexity index is 3510. The molecule has 0 saturated heterocycles. The molecule has 2 aromatic heterocycles. The molecule has 0 amide bonds. The van der Waals surface area contributed by atoms with Gasteiger partial charge in [0.1, 0.15) is 0 Å². The molecule has 0 fully saturated rings. The van der Waals surface area contributed by atoms with Gasteiger partial charge < -0.3 is 4.57 Å². The van der Waals surface area contributed by atoms with Crippen molar-refractivity contribution in [3.63, 3.8) is 0 Å². The van der Waals surface area contributed by atoms with E-state index in [0.29, 0.717) is 5.82 Å². The molecule has 11 aromatic rings.